The van der Waals surface area contributed by atoms with E-state index in [9.17, 15) is 0 Å². The van der Waals surface area contributed by atoms with Gasteiger partial charge in [0.05, 0.1) is 0 Å². The average Bonchev–Trinajstić information content (AvgIpc) is 1.41. The van der Waals surface area contributed by atoms with Crippen molar-refractivity contribution in [3.05, 3.63) is 0 Å². The normalized spacial score (nSPS) is 5.57. The fourth-order valence-electron chi connectivity index (χ4n) is 0. The third-order valence-corrected chi connectivity index (χ3v) is 0. The third kappa shape index (κ3) is 195. The first-order valence-electron chi connectivity index (χ1n) is 1.60. The molecule has 0 fully saturated rings. The van der Waals surface area contributed by atoms with E-state index in [2.05, 4.69) is 0 Å². The molecule has 7 heavy (non-hydrogen) atoms. The van der Waals surface area contributed by atoms with Crippen molar-refractivity contribution in [3.63, 3.8) is 0 Å². The Morgan fingerprint density at radius 1 is 1.43 bits per heavy atom. The van der Waals surface area contributed by atoms with Crippen LogP contribution in [-0.4, -0.2) is 11.2 Å². The minimum absolute atomic E-state index is 0. The molecular weight excluding hydrogens is 170 g/mol. The van der Waals surface area contributed by atoms with Crippen LogP contribution in [0.25, 0.3) is 0 Å². The van der Waals surface area contributed by atoms with Crippen LogP contribution in [0.1, 0.15) is 13.8 Å². The third-order valence-electron chi connectivity index (χ3n) is 0. The van der Waals surface area contributed by atoms with Gasteiger partial charge >= 0.3 is 21.0 Å². The summed E-state index contributed by atoms with van der Waals surface area (Å²) in [6, 6.07) is 0. The molecule has 42 valence electrons. The Bertz CT molecular complexity index is 22.1. The van der Waals surface area contributed by atoms with Crippen LogP contribution in [0.2, 0.25) is 0 Å². The summed E-state index contributed by atoms with van der Waals surface area (Å²) >= 11 is 1.06. The molecule has 0 aliphatic heterocycles. The summed E-state index contributed by atoms with van der Waals surface area (Å²) in [7, 11) is 0. The van der Waals surface area contributed by atoms with E-state index >= 15 is 0 Å². The maximum absolute atomic E-state index is 8.19. The fraction of sp³-hybridized carbons (Fsp3) is 1.00. The molecule has 0 unspecified atom stereocenters. The van der Waals surface area contributed by atoms with E-state index in [0.717, 1.165) is 17.4 Å². The molecule has 0 rings (SSSR count). The Morgan fingerprint density at radius 2 is 1.43 bits per heavy atom. The van der Waals surface area contributed by atoms with E-state index < -0.39 is 0 Å². The van der Waals surface area contributed by atoms with Gasteiger partial charge in [-0.25, -0.2) is 0 Å². The smallest absolute Gasteiger partial charge is 0 e. The van der Waals surface area contributed by atoms with Crippen LogP contribution < -0.4 is 0 Å². The molecule has 0 spiro atoms. The molecule has 0 saturated carbocycles. The Morgan fingerprint density at radius 3 is 1.43 bits per heavy atom. The summed E-state index contributed by atoms with van der Waals surface area (Å²) in [5.74, 6) is 0. The van der Waals surface area contributed by atoms with Gasteiger partial charge in [-0.2, -0.15) is 0 Å². The maximum Gasteiger partial charge on any atom is 0 e. The molecule has 0 aromatic rings. The Labute approximate surface area is 64.8 Å². The Balaban J connectivity index is -0.0000000480. The topological polar surface area (TPSA) is 37.3 Å². The molecule has 0 saturated heterocycles. The second-order valence-corrected chi connectivity index (χ2v) is 1.09. The van der Waals surface area contributed by atoms with Crippen LogP contribution >= 0.6 is 0 Å². The van der Waals surface area contributed by atoms with Gasteiger partial charge < -0.3 is 5.11 Å². The number of hydrogen-bond donors (Lipinski definition) is 1. The number of rotatable bonds is 0. The van der Waals surface area contributed by atoms with Gasteiger partial charge in [-0.05, 0) is 13.8 Å². The molecule has 0 aromatic carbocycles. The fourth-order valence-corrected chi connectivity index (χ4v) is 0. The van der Waals surface area contributed by atoms with Gasteiger partial charge in [0.25, 0.3) is 0 Å². The monoisotopic (exact) mass is 178 g/mol. The molecule has 0 aromatic heterocycles. The molecule has 2 nitrogen and oxygen atoms in total. The van der Waals surface area contributed by atoms with Crippen molar-refractivity contribution in [1.29, 1.82) is 0 Å². The van der Waals surface area contributed by atoms with Crippen LogP contribution in [0.4, 0.5) is 0 Å². The first kappa shape index (κ1) is 15.7. The van der Waals surface area contributed by atoms with Gasteiger partial charge in [0.1, 0.15) is 0 Å². The van der Waals surface area contributed by atoms with Crippen LogP contribution in [-0.2, 0) is 39.6 Å². The first-order valence-corrected chi connectivity index (χ1v) is 2.17. The van der Waals surface area contributed by atoms with Gasteiger partial charge in [0, 0.05) is 24.7 Å². The van der Waals surface area contributed by atoms with Crippen molar-refractivity contribution in [2.24, 2.45) is 0 Å². The largest absolute Gasteiger partial charge is 0 e. The predicted molar refractivity (Wildman–Crippen MR) is 18.0 cm³/mol. The molecule has 0 aliphatic rings. The van der Waals surface area contributed by atoms with Gasteiger partial charge in [0.2, 0.25) is 0 Å². The van der Waals surface area contributed by atoms with Gasteiger partial charge in [-0.3, -0.25) is 0 Å². The zero-order valence-corrected chi connectivity index (χ0v) is 7.12. The molecule has 0 atom stereocenters. The molecule has 1 radical (unpaired) electrons. The second-order valence-electron chi connectivity index (χ2n) is 1.09. The van der Waals surface area contributed by atoms with Gasteiger partial charge in [-0.15, -0.1) is 0 Å². The van der Waals surface area contributed by atoms with E-state index in [4.69, 9.17) is 8.78 Å². The van der Waals surface area contributed by atoms with Gasteiger partial charge in [-0.1, -0.05) is 0 Å². The summed E-state index contributed by atoms with van der Waals surface area (Å²) in [5.41, 5.74) is 0. The number of hydrogen-bond acceptors (Lipinski definition) is 2. The summed E-state index contributed by atoms with van der Waals surface area (Å²) in [6.07, 6.45) is -0.167. The standard InChI is InChI=1S/C3H8O.O.2V/c1-3(2)4;;;/h3-4H,1-2H3;;;. The molecular formula is C3H8O2V2. The van der Waals surface area contributed by atoms with Crippen molar-refractivity contribution in [2.75, 3.05) is 0 Å². The number of aliphatic hydroxyl groups is 1. The summed E-state index contributed by atoms with van der Waals surface area (Å²) in [5, 5.41) is 8.06. The average molecular weight is 178 g/mol. The summed E-state index contributed by atoms with van der Waals surface area (Å²) in [4.78, 5) is 0. The van der Waals surface area contributed by atoms with Crippen molar-refractivity contribution in [1.82, 2.24) is 0 Å². The SMILES string of the molecule is CC(C)O.[O]=[V].[V]. The van der Waals surface area contributed by atoms with E-state index in [-0.39, 0.29) is 24.7 Å². The minimum Gasteiger partial charge on any atom is 0 e. The zero-order chi connectivity index (χ0) is 5.58. The molecule has 0 aliphatic carbocycles. The summed E-state index contributed by atoms with van der Waals surface area (Å²) in [6.45, 7) is 3.44. The maximum atomic E-state index is 8.19. The Hall–Kier alpha value is 0.929. The Kier molecular flexibility index (Phi) is 35.3. The van der Waals surface area contributed by atoms with Crippen molar-refractivity contribution in [3.8, 4) is 0 Å². The second kappa shape index (κ2) is 15.8. The van der Waals surface area contributed by atoms with Crippen LogP contribution in [0.3, 0.4) is 0 Å². The molecule has 4 heteroatoms. The first-order chi connectivity index (χ1) is 2.73. The molecule has 0 amide bonds. The van der Waals surface area contributed by atoms with E-state index in [1.165, 1.54) is 0 Å². The summed E-state index contributed by atoms with van der Waals surface area (Å²) < 4.78 is 8.19. The van der Waals surface area contributed by atoms with Crippen molar-refractivity contribution < 1.29 is 44.7 Å². The van der Waals surface area contributed by atoms with E-state index in [1.807, 2.05) is 0 Å². The van der Waals surface area contributed by atoms with Crippen LogP contribution in [0, 0.1) is 0 Å². The molecule has 0 bridgehead atoms. The quantitative estimate of drug-likeness (QED) is 0.577. The zero-order valence-electron chi connectivity index (χ0n) is 4.33. The predicted octanol–water partition coefficient (Wildman–Crippen LogP) is 0.263. The molecule has 1 N–H and O–H groups in total. The van der Waals surface area contributed by atoms with Crippen molar-refractivity contribution >= 4 is 0 Å². The van der Waals surface area contributed by atoms with Crippen LogP contribution in [0.15, 0.2) is 0 Å². The van der Waals surface area contributed by atoms with Crippen LogP contribution in [0.5, 0.6) is 0 Å². The van der Waals surface area contributed by atoms with Gasteiger partial charge in [0.15, 0.2) is 0 Å². The van der Waals surface area contributed by atoms with Crippen molar-refractivity contribution in [2.45, 2.75) is 20.0 Å². The minimum atomic E-state index is -0.167. The molecule has 0 heterocycles. The number of aliphatic hydroxyl groups excluding tert-OH is 1. The van der Waals surface area contributed by atoms with E-state index in [0.29, 0.717) is 0 Å². The van der Waals surface area contributed by atoms with E-state index in [1.54, 1.807) is 13.8 Å².